The number of aliphatic carboxylic acids is 1. The van der Waals surface area contributed by atoms with Gasteiger partial charge >= 0.3 is 12.0 Å². The first-order chi connectivity index (χ1) is 8.93. The SMILES string of the molecule is Cc1cc(NC(=O)NC2(C(=O)O)CCOC2)nn1C. The second-order valence-corrected chi connectivity index (χ2v) is 4.56. The van der Waals surface area contributed by atoms with Crippen LogP contribution in [0.5, 0.6) is 0 Å². The molecule has 2 rings (SSSR count). The molecule has 1 aromatic rings. The maximum atomic E-state index is 11.8. The Kier molecular flexibility index (Phi) is 3.43. The van der Waals surface area contributed by atoms with E-state index in [9.17, 15) is 14.7 Å². The van der Waals surface area contributed by atoms with Crippen LogP contribution in [0.3, 0.4) is 0 Å². The Bertz CT molecular complexity index is 485. The lowest BCUT2D eigenvalue weighted by Crippen LogP contribution is -2.56. The van der Waals surface area contributed by atoms with E-state index in [0.29, 0.717) is 12.4 Å². The van der Waals surface area contributed by atoms with Gasteiger partial charge in [-0.15, -0.1) is 0 Å². The highest BCUT2D eigenvalue weighted by Gasteiger charge is 2.44. The lowest BCUT2D eigenvalue weighted by Gasteiger charge is -2.23. The molecule has 1 aliphatic heterocycles. The lowest BCUT2D eigenvalue weighted by molar-refractivity contribution is -0.144. The van der Waals surface area contributed by atoms with Gasteiger partial charge in [-0.05, 0) is 6.92 Å². The Morgan fingerprint density at radius 3 is 2.79 bits per heavy atom. The molecule has 0 saturated carbocycles. The van der Waals surface area contributed by atoms with E-state index in [1.807, 2.05) is 6.92 Å². The van der Waals surface area contributed by atoms with Crippen LogP contribution >= 0.6 is 0 Å². The number of hydrogen-bond acceptors (Lipinski definition) is 4. The molecule has 0 radical (unpaired) electrons. The Hall–Kier alpha value is -2.09. The minimum Gasteiger partial charge on any atom is -0.479 e. The summed E-state index contributed by atoms with van der Waals surface area (Å²) in [6.45, 7) is 2.13. The van der Waals surface area contributed by atoms with Crippen LogP contribution in [0.4, 0.5) is 10.6 Å². The second kappa shape index (κ2) is 4.88. The van der Waals surface area contributed by atoms with Crippen LogP contribution in [-0.4, -0.2) is 45.6 Å². The quantitative estimate of drug-likeness (QED) is 0.720. The molecule has 1 aliphatic rings. The molecular weight excluding hydrogens is 252 g/mol. The van der Waals surface area contributed by atoms with Gasteiger partial charge in [0.25, 0.3) is 0 Å². The smallest absolute Gasteiger partial charge is 0.332 e. The van der Waals surface area contributed by atoms with Crippen molar-refractivity contribution in [3.05, 3.63) is 11.8 Å². The summed E-state index contributed by atoms with van der Waals surface area (Å²) in [7, 11) is 1.75. The fraction of sp³-hybridized carbons (Fsp3) is 0.545. The molecule has 0 bridgehead atoms. The fourth-order valence-corrected chi connectivity index (χ4v) is 1.87. The van der Waals surface area contributed by atoms with Crippen molar-refractivity contribution >= 4 is 17.8 Å². The van der Waals surface area contributed by atoms with E-state index in [1.54, 1.807) is 17.8 Å². The molecule has 1 aromatic heterocycles. The first-order valence-corrected chi connectivity index (χ1v) is 5.84. The Morgan fingerprint density at radius 1 is 1.58 bits per heavy atom. The summed E-state index contributed by atoms with van der Waals surface area (Å²) in [6, 6.07) is 1.09. The van der Waals surface area contributed by atoms with Gasteiger partial charge < -0.3 is 15.2 Å². The molecule has 19 heavy (non-hydrogen) atoms. The molecule has 8 heteroatoms. The normalized spacial score (nSPS) is 22.2. The average Bonchev–Trinajstić information content (AvgIpc) is 2.88. The maximum absolute atomic E-state index is 11.8. The van der Waals surface area contributed by atoms with Crippen molar-refractivity contribution in [1.82, 2.24) is 15.1 Å². The molecule has 2 amide bonds. The number of carbonyl (C=O) groups excluding carboxylic acids is 1. The van der Waals surface area contributed by atoms with Crippen molar-refractivity contribution in [3.8, 4) is 0 Å². The molecule has 0 aromatic carbocycles. The number of carboxylic acids is 1. The molecule has 1 fully saturated rings. The number of carboxylic acid groups (broad SMARTS) is 1. The van der Waals surface area contributed by atoms with Crippen LogP contribution in [0.2, 0.25) is 0 Å². The van der Waals surface area contributed by atoms with Crippen molar-refractivity contribution in [2.75, 3.05) is 18.5 Å². The van der Waals surface area contributed by atoms with E-state index in [2.05, 4.69) is 15.7 Å². The Balaban J connectivity index is 2.02. The van der Waals surface area contributed by atoms with Crippen LogP contribution in [0.15, 0.2) is 6.07 Å². The van der Waals surface area contributed by atoms with E-state index >= 15 is 0 Å². The molecule has 1 saturated heterocycles. The van der Waals surface area contributed by atoms with Crippen LogP contribution in [0.25, 0.3) is 0 Å². The van der Waals surface area contributed by atoms with E-state index in [0.717, 1.165) is 5.69 Å². The number of nitrogens with zero attached hydrogens (tertiary/aromatic N) is 2. The molecule has 2 heterocycles. The number of ether oxygens (including phenoxy) is 1. The zero-order chi connectivity index (χ0) is 14.0. The zero-order valence-electron chi connectivity index (χ0n) is 10.8. The van der Waals surface area contributed by atoms with Crippen molar-refractivity contribution in [2.45, 2.75) is 18.9 Å². The highest BCUT2D eigenvalue weighted by molar-refractivity contribution is 5.93. The summed E-state index contributed by atoms with van der Waals surface area (Å²) < 4.78 is 6.67. The predicted octanol–water partition coefficient (Wildman–Crippen LogP) is 0.0937. The van der Waals surface area contributed by atoms with Gasteiger partial charge in [0.05, 0.1) is 6.61 Å². The third kappa shape index (κ3) is 2.68. The molecule has 0 aliphatic carbocycles. The molecule has 104 valence electrons. The standard InChI is InChI=1S/C11H16N4O4/c1-7-5-8(14-15(7)2)12-10(18)13-11(9(16)17)3-4-19-6-11/h5H,3-4,6H2,1-2H3,(H,16,17)(H2,12,13,14,18). The molecule has 1 atom stereocenters. The van der Waals surface area contributed by atoms with Crippen molar-refractivity contribution in [3.63, 3.8) is 0 Å². The summed E-state index contributed by atoms with van der Waals surface area (Å²) in [5.74, 6) is -0.727. The summed E-state index contributed by atoms with van der Waals surface area (Å²) in [6.07, 6.45) is 0.247. The van der Waals surface area contributed by atoms with Gasteiger partial charge in [-0.2, -0.15) is 5.10 Å². The van der Waals surface area contributed by atoms with Crippen molar-refractivity contribution in [1.29, 1.82) is 0 Å². The van der Waals surface area contributed by atoms with Gasteiger partial charge in [0.15, 0.2) is 11.4 Å². The predicted molar refractivity (Wildman–Crippen MR) is 65.9 cm³/mol. The fourth-order valence-electron chi connectivity index (χ4n) is 1.87. The van der Waals surface area contributed by atoms with Crippen LogP contribution in [0, 0.1) is 6.92 Å². The third-order valence-electron chi connectivity index (χ3n) is 3.14. The average molecular weight is 268 g/mol. The van der Waals surface area contributed by atoms with Gasteiger partial charge in [0, 0.05) is 31.8 Å². The van der Waals surface area contributed by atoms with E-state index in [-0.39, 0.29) is 13.0 Å². The number of aromatic nitrogens is 2. The minimum atomic E-state index is -1.35. The van der Waals surface area contributed by atoms with Gasteiger partial charge in [0.2, 0.25) is 0 Å². The molecule has 8 nitrogen and oxygen atoms in total. The number of carbonyl (C=O) groups is 2. The number of urea groups is 1. The number of nitrogens with one attached hydrogen (secondary N) is 2. The topological polar surface area (TPSA) is 105 Å². The monoisotopic (exact) mass is 268 g/mol. The molecule has 0 spiro atoms. The summed E-state index contributed by atoms with van der Waals surface area (Å²) >= 11 is 0. The molecule has 3 N–H and O–H groups in total. The summed E-state index contributed by atoms with van der Waals surface area (Å²) in [5.41, 5.74) is -0.471. The third-order valence-corrected chi connectivity index (χ3v) is 3.14. The van der Waals surface area contributed by atoms with Gasteiger partial charge in [-0.3, -0.25) is 10.00 Å². The second-order valence-electron chi connectivity index (χ2n) is 4.56. The van der Waals surface area contributed by atoms with Crippen LogP contribution in [0.1, 0.15) is 12.1 Å². The van der Waals surface area contributed by atoms with Crippen LogP contribution in [-0.2, 0) is 16.6 Å². The van der Waals surface area contributed by atoms with Crippen LogP contribution < -0.4 is 10.6 Å². The zero-order valence-corrected chi connectivity index (χ0v) is 10.8. The number of hydrogen-bond donors (Lipinski definition) is 3. The van der Waals surface area contributed by atoms with Crippen molar-refractivity contribution in [2.24, 2.45) is 7.05 Å². The number of rotatable bonds is 3. The Labute approximate surface area is 109 Å². The number of aryl methyl sites for hydroxylation is 2. The van der Waals surface area contributed by atoms with E-state index in [1.165, 1.54) is 0 Å². The number of amides is 2. The summed E-state index contributed by atoms with van der Waals surface area (Å²) in [5, 5.41) is 18.2. The van der Waals surface area contributed by atoms with E-state index < -0.39 is 17.5 Å². The van der Waals surface area contributed by atoms with Crippen molar-refractivity contribution < 1.29 is 19.4 Å². The molecule has 1 unspecified atom stereocenters. The highest BCUT2D eigenvalue weighted by atomic mass is 16.5. The lowest BCUT2D eigenvalue weighted by atomic mass is 9.99. The summed E-state index contributed by atoms with van der Waals surface area (Å²) in [4.78, 5) is 23.0. The number of anilines is 1. The van der Waals surface area contributed by atoms with Gasteiger partial charge in [-0.25, -0.2) is 9.59 Å². The Morgan fingerprint density at radius 2 is 2.32 bits per heavy atom. The molecular formula is C11H16N4O4. The first-order valence-electron chi connectivity index (χ1n) is 5.84. The van der Waals surface area contributed by atoms with Gasteiger partial charge in [-0.1, -0.05) is 0 Å². The van der Waals surface area contributed by atoms with E-state index in [4.69, 9.17) is 4.74 Å². The minimum absolute atomic E-state index is 0.0308. The maximum Gasteiger partial charge on any atom is 0.332 e. The highest BCUT2D eigenvalue weighted by Crippen LogP contribution is 2.19. The largest absolute Gasteiger partial charge is 0.479 e. The first kappa shape index (κ1) is 13.3. The van der Waals surface area contributed by atoms with Gasteiger partial charge in [0.1, 0.15) is 0 Å².